The lowest BCUT2D eigenvalue weighted by Gasteiger charge is -2.03. The van der Waals surface area contributed by atoms with Crippen LogP contribution in [-0.4, -0.2) is 10.9 Å². The Balaban J connectivity index is 2.28. The van der Waals surface area contributed by atoms with E-state index in [0.717, 1.165) is 15.8 Å². The fraction of sp³-hybridized carbons (Fsp3) is 0.429. The first-order valence-electron chi connectivity index (χ1n) is 6.14. The maximum atomic E-state index is 11.7. The number of hydrogen-bond donors (Lipinski definition) is 1. The molecule has 18 heavy (non-hydrogen) atoms. The third kappa shape index (κ3) is 2.70. The van der Waals surface area contributed by atoms with E-state index in [1.165, 1.54) is 5.56 Å². The molecule has 1 aromatic heterocycles. The van der Waals surface area contributed by atoms with Crippen LogP contribution < -0.4 is 5.32 Å². The quantitative estimate of drug-likeness (QED) is 0.911. The second-order valence-electron chi connectivity index (χ2n) is 5.04. The third-order valence-electron chi connectivity index (χ3n) is 2.78. The highest BCUT2D eigenvalue weighted by Crippen LogP contribution is 2.30. The summed E-state index contributed by atoms with van der Waals surface area (Å²) in [5, 5.41) is 3.59. The molecule has 0 unspecified atom stereocenters. The van der Waals surface area contributed by atoms with Crippen LogP contribution in [0, 0.1) is 19.8 Å². The molecule has 0 saturated heterocycles. The molecule has 0 spiro atoms. The first-order chi connectivity index (χ1) is 8.47. The van der Waals surface area contributed by atoms with Crippen molar-refractivity contribution < 1.29 is 4.79 Å². The predicted octanol–water partition coefficient (Wildman–Crippen LogP) is 3.90. The molecule has 96 valence electrons. The van der Waals surface area contributed by atoms with Gasteiger partial charge in [-0.2, -0.15) is 0 Å². The number of nitrogens with one attached hydrogen (secondary N) is 1. The SMILES string of the molecule is Cc1ccc(C)c2sc(NC(=O)CC(C)C)nc12. The van der Waals surface area contributed by atoms with Gasteiger partial charge in [0.2, 0.25) is 5.91 Å². The van der Waals surface area contributed by atoms with Gasteiger partial charge in [-0.25, -0.2) is 4.98 Å². The Morgan fingerprint density at radius 2 is 2.00 bits per heavy atom. The van der Waals surface area contributed by atoms with Gasteiger partial charge in [-0.05, 0) is 30.9 Å². The normalized spacial score (nSPS) is 11.2. The van der Waals surface area contributed by atoms with Crippen molar-refractivity contribution >= 4 is 32.6 Å². The van der Waals surface area contributed by atoms with Crippen LogP contribution >= 0.6 is 11.3 Å². The number of hydrogen-bond acceptors (Lipinski definition) is 3. The Morgan fingerprint density at radius 3 is 2.61 bits per heavy atom. The van der Waals surface area contributed by atoms with Crippen LogP contribution in [0.2, 0.25) is 0 Å². The molecule has 0 aliphatic heterocycles. The minimum atomic E-state index is 0.0411. The Hall–Kier alpha value is -1.42. The number of benzene rings is 1. The van der Waals surface area contributed by atoms with Crippen molar-refractivity contribution in [3.8, 4) is 0 Å². The van der Waals surface area contributed by atoms with E-state index in [1.54, 1.807) is 11.3 Å². The van der Waals surface area contributed by atoms with Crippen molar-refractivity contribution in [2.75, 3.05) is 5.32 Å². The first kappa shape index (κ1) is 13.0. The van der Waals surface area contributed by atoms with E-state index in [2.05, 4.69) is 29.4 Å². The smallest absolute Gasteiger partial charge is 0.226 e. The summed E-state index contributed by atoms with van der Waals surface area (Å²) in [6, 6.07) is 4.16. The van der Waals surface area contributed by atoms with Crippen molar-refractivity contribution in [1.82, 2.24) is 4.98 Å². The van der Waals surface area contributed by atoms with Gasteiger partial charge < -0.3 is 5.32 Å². The van der Waals surface area contributed by atoms with E-state index in [0.29, 0.717) is 17.5 Å². The molecule has 0 aliphatic carbocycles. The topological polar surface area (TPSA) is 42.0 Å². The average Bonchev–Trinajstić information content (AvgIpc) is 2.67. The van der Waals surface area contributed by atoms with Gasteiger partial charge in [0, 0.05) is 6.42 Å². The van der Waals surface area contributed by atoms with E-state index >= 15 is 0 Å². The fourth-order valence-corrected chi connectivity index (χ4v) is 2.88. The van der Waals surface area contributed by atoms with Crippen LogP contribution in [0.4, 0.5) is 5.13 Å². The molecule has 1 heterocycles. The molecular weight excluding hydrogens is 244 g/mol. The minimum absolute atomic E-state index is 0.0411. The van der Waals surface area contributed by atoms with E-state index in [-0.39, 0.29) is 5.91 Å². The standard InChI is InChI=1S/C14H18N2OS/c1-8(2)7-11(17)15-14-16-12-9(3)5-6-10(4)13(12)18-14/h5-6,8H,7H2,1-4H3,(H,15,16,17). The number of fused-ring (bicyclic) bond motifs is 1. The van der Waals surface area contributed by atoms with Crippen LogP contribution in [0.15, 0.2) is 12.1 Å². The van der Waals surface area contributed by atoms with Crippen molar-refractivity contribution in [1.29, 1.82) is 0 Å². The third-order valence-corrected chi connectivity index (χ3v) is 3.89. The Morgan fingerprint density at radius 1 is 1.33 bits per heavy atom. The molecule has 0 radical (unpaired) electrons. The summed E-state index contributed by atoms with van der Waals surface area (Å²) in [4.78, 5) is 16.2. The van der Waals surface area contributed by atoms with E-state index < -0.39 is 0 Å². The number of thiazole rings is 1. The van der Waals surface area contributed by atoms with Gasteiger partial charge in [0.05, 0.1) is 10.2 Å². The lowest BCUT2D eigenvalue weighted by Crippen LogP contribution is -2.13. The van der Waals surface area contributed by atoms with Gasteiger partial charge in [-0.1, -0.05) is 37.3 Å². The van der Waals surface area contributed by atoms with Gasteiger partial charge in [-0.15, -0.1) is 0 Å². The monoisotopic (exact) mass is 262 g/mol. The highest BCUT2D eigenvalue weighted by Gasteiger charge is 2.11. The van der Waals surface area contributed by atoms with E-state index in [4.69, 9.17) is 0 Å². The molecule has 0 atom stereocenters. The molecule has 4 heteroatoms. The summed E-state index contributed by atoms with van der Waals surface area (Å²) in [7, 11) is 0. The largest absolute Gasteiger partial charge is 0.302 e. The van der Waals surface area contributed by atoms with Gasteiger partial charge >= 0.3 is 0 Å². The highest BCUT2D eigenvalue weighted by molar-refractivity contribution is 7.22. The average molecular weight is 262 g/mol. The molecule has 0 bridgehead atoms. The summed E-state index contributed by atoms with van der Waals surface area (Å²) in [6.45, 7) is 8.18. The molecule has 1 amide bonds. The molecule has 1 aromatic carbocycles. The zero-order valence-electron chi connectivity index (χ0n) is 11.2. The maximum absolute atomic E-state index is 11.7. The van der Waals surface area contributed by atoms with Crippen molar-refractivity contribution in [3.63, 3.8) is 0 Å². The summed E-state index contributed by atoms with van der Waals surface area (Å²) in [6.07, 6.45) is 0.536. The molecule has 2 rings (SSSR count). The zero-order chi connectivity index (χ0) is 13.3. The number of aromatic nitrogens is 1. The van der Waals surface area contributed by atoms with Gasteiger partial charge in [0.1, 0.15) is 0 Å². The second-order valence-corrected chi connectivity index (χ2v) is 6.04. The predicted molar refractivity (Wildman–Crippen MR) is 77.2 cm³/mol. The van der Waals surface area contributed by atoms with Crippen LogP contribution in [0.5, 0.6) is 0 Å². The number of nitrogens with zero attached hydrogens (tertiary/aromatic N) is 1. The fourth-order valence-electron chi connectivity index (χ4n) is 1.85. The Bertz CT molecular complexity index is 548. The number of amides is 1. The maximum Gasteiger partial charge on any atom is 0.226 e. The van der Waals surface area contributed by atoms with Gasteiger partial charge in [0.25, 0.3) is 0 Å². The summed E-state index contributed by atoms with van der Waals surface area (Å²) < 4.78 is 1.16. The van der Waals surface area contributed by atoms with Gasteiger partial charge in [-0.3, -0.25) is 4.79 Å². The van der Waals surface area contributed by atoms with Crippen LogP contribution in [0.3, 0.4) is 0 Å². The van der Waals surface area contributed by atoms with Gasteiger partial charge in [0.15, 0.2) is 5.13 Å². The van der Waals surface area contributed by atoms with Crippen LogP contribution in [0.1, 0.15) is 31.4 Å². The molecule has 0 fully saturated rings. The zero-order valence-corrected chi connectivity index (χ0v) is 12.0. The van der Waals surface area contributed by atoms with E-state index in [9.17, 15) is 4.79 Å². The second kappa shape index (κ2) is 5.06. The lowest BCUT2D eigenvalue weighted by atomic mass is 10.1. The van der Waals surface area contributed by atoms with Crippen molar-refractivity contribution in [2.45, 2.75) is 34.1 Å². The minimum Gasteiger partial charge on any atom is -0.302 e. The summed E-state index contributed by atoms with van der Waals surface area (Å²) in [5.74, 6) is 0.405. The highest BCUT2D eigenvalue weighted by atomic mass is 32.1. The Kier molecular flexibility index (Phi) is 3.66. The summed E-state index contributed by atoms with van der Waals surface area (Å²) in [5.41, 5.74) is 3.36. The summed E-state index contributed by atoms with van der Waals surface area (Å²) >= 11 is 1.55. The number of rotatable bonds is 3. The first-order valence-corrected chi connectivity index (χ1v) is 6.95. The number of carbonyl (C=O) groups excluding carboxylic acids is 1. The lowest BCUT2D eigenvalue weighted by molar-refractivity contribution is -0.116. The number of carbonyl (C=O) groups is 1. The van der Waals surface area contributed by atoms with E-state index in [1.807, 2.05) is 20.8 Å². The Labute approximate surface area is 111 Å². The molecule has 1 N–H and O–H groups in total. The van der Waals surface area contributed by atoms with Crippen LogP contribution in [-0.2, 0) is 4.79 Å². The molecule has 2 aromatic rings. The molecule has 0 saturated carbocycles. The number of aryl methyl sites for hydroxylation is 2. The molecule has 3 nitrogen and oxygen atoms in total. The van der Waals surface area contributed by atoms with Crippen LogP contribution in [0.25, 0.3) is 10.2 Å². The molecule has 0 aliphatic rings. The number of anilines is 1. The van der Waals surface area contributed by atoms with Crippen molar-refractivity contribution in [3.05, 3.63) is 23.3 Å². The van der Waals surface area contributed by atoms with Crippen molar-refractivity contribution in [2.24, 2.45) is 5.92 Å². The molecular formula is C14H18N2OS.